The number of anilines is 2. The molecule has 0 aliphatic heterocycles. The molecule has 5 rings (SSSR count). The average molecular weight is 1820 g/mol. The standard InChI is InChI=1S/C78H108BN16O30S2/c1-38(2)23-61(125-79-124)93-74(119)50(24-39-7-5-4-6-8-39)91-75(120)51-31-83-46(30-84-51)36-126-127-37-52(54(100)26-42(70(115)81-3)13-21-62(107)108)92-73(118)43(12-20-60(106)86-33-56(102)66(112)68(114)58(104)35-97)27-53(99)48(18-22-63(109)110)89-72(117)41(11-19-59(105)85-32-55(101)65(111)67(113)57(103)34-96)25-47(98)16-17-49(77(122)123)90-71(116)40-9-14-44(15-10-40)82-28-45-29-87-69-64(88-45)76(121)95-78(80)94-69/h4-10,14-15,29-31,38,41-43,48-50,52,55-58,61,65-68,82,96-97,101-104,111-114,124H,11-13,16-28,32-37H2,1-3H3,(H,81,115)(H,85,105)(H,86,106)(H,89,117)(H,90,116)(H,91,120)(H,92,118)(H,93,119)(H,107,108)(H,109,110)(H,122,123)(H3,80,87,94,95,121)/t41-,42-,43-,48+,49+,50+,52+,55+,56+,57-,58-,61-,65-,66-,67-,68-/m1/s1. The summed E-state index contributed by atoms with van der Waals surface area (Å²) < 4.78 is 5.19. The SMILES string of the molecule is CNC(=O)[C@H](CCC(=O)O)CC(=O)[C@H](CSSCc1cnc(C(=O)N[C@@H](Cc2ccccc2)C(=O)N[C@@H](CC(C)C)O[B]O)cn1)NC(=O)[C@H](CCC(=O)NC[C@H](O)[C@@H](O)[C@H](O)[C@H](O)CO)CC(=O)[C@H](CCC(=O)O)NC(=O)[C@H](CCC(=O)NC[C@H](O)[C@@H](O)[C@H](O)[C@H](O)CO)CC(=O)CC[C@H](NC(=O)c1ccc(NCc2cnc3nc(N)[nH]c(=O)c3n2)cc1)C(=O)O. The van der Waals surface area contributed by atoms with Crippen LogP contribution in [0, 0.1) is 23.7 Å². The number of nitrogens with two attached hydrogens (primary N) is 1. The molecule has 0 spiro atoms. The zero-order valence-electron chi connectivity index (χ0n) is 69.3. The van der Waals surface area contributed by atoms with Crippen molar-refractivity contribution in [3.05, 3.63) is 112 Å². The normalized spacial score (nSPS) is 15.2. The number of aromatic amines is 1. The summed E-state index contributed by atoms with van der Waals surface area (Å²) in [6.45, 7) is -0.0543. The number of nitrogens with one attached hydrogen (secondary N) is 10. The van der Waals surface area contributed by atoms with Gasteiger partial charge < -0.3 is 130 Å². The molecule has 8 amide bonds. The molecule has 0 bridgehead atoms. The fourth-order valence-corrected chi connectivity index (χ4v) is 14.5. The minimum Gasteiger partial charge on any atom is -0.481 e. The van der Waals surface area contributed by atoms with Gasteiger partial charge in [-0.3, -0.25) is 77.1 Å². The van der Waals surface area contributed by atoms with Crippen molar-refractivity contribution >= 4 is 135 Å². The summed E-state index contributed by atoms with van der Waals surface area (Å²) in [7, 11) is 3.58. The number of carbonyl (C=O) groups excluding carboxylic acids is 11. The Hall–Kier alpha value is -11.2. The lowest BCUT2D eigenvalue weighted by Gasteiger charge is -2.26. The Kier molecular flexibility index (Phi) is 45.8. The van der Waals surface area contributed by atoms with Crippen molar-refractivity contribution in [2.45, 2.75) is 202 Å². The lowest BCUT2D eigenvalue weighted by Crippen LogP contribution is -2.51. The number of nitrogens with zero attached hydrogens (tertiary/aromatic N) is 5. The highest BCUT2D eigenvalue weighted by Crippen LogP contribution is 2.29. The van der Waals surface area contributed by atoms with Gasteiger partial charge in [0.15, 0.2) is 22.7 Å². The van der Waals surface area contributed by atoms with E-state index in [0.29, 0.717) is 24.6 Å². The van der Waals surface area contributed by atoms with Crippen LogP contribution in [0.2, 0.25) is 0 Å². The molecule has 49 heteroatoms. The third kappa shape index (κ3) is 37.3. The van der Waals surface area contributed by atoms with Crippen LogP contribution >= 0.6 is 21.6 Å². The van der Waals surface area contributed by atoms with Crippen LogP contribution in [0.5, 0.6) is 0 Å². The zero-order valence-corrected chi connectivity index (χ0v) is 70.9. The number of carboxylic acids is 3. The number of H-pyrrole nitrogens is 1. The van der Waals surface area contributed by atoms with Crippen LogP contribution < -0.4 is 59.1 Å². The van der Waals surface area contributed by atoms with Crippen LogP contribution in [0.3, 0.4) is 0 Å². The molecular formula is C78H108BN16O30S2. The maximum atomic E-state index is 15.0. The van der Waals surface area contributed by atoms with Crippen molar-refractivity contribution in [2.75, 3.05) is 50.2 Å². The number of rotatable bonds is 61. The highest BCUT2D eigenvalue weighted by Gasteiger charge is 2.38. The van der Waals surface area contributed by atoms with Gasteiger partial charge in [0.25, 0.3) is 17.4 Å². The number of benzene rings is 2. The summed E-state index contributed by atoms with van der Waals surface area (Å²) >= 11 is 0. The lowest BCUT2D eigenvalue weighted by molar-refractivity contribution is -0.140. The first-order valence-corrected chi connectivity index (χ1v) is 42.5. The first kappa shape index (κ1) is 106. The molecule has 16 atom stereocenters. The molecule has 0 fully saturated rings. The number of Topliss-reactive ketones (excluding diaryl/α,β-unsaturated/α-hetero) is 3. The Bertz CT molecular complexity index is 4560. The lowest BCUT2D eigenvalue weighted by atomic mass is 9.89. The monoisotopic (exact) mass is 1820 g/mol. The van der Waals surface area contributed by atoms with Gasteiger partial charge in [-0.05, 0) is 74.3 Å². The molecule has 0 aliphatic carbocycles. The number of aliphatic hydroxyl groups excluding tert-OH is 10. The fraction of sp³-hybridized carbons (Fsp3) is 0.538. The van der Waals surface area contributed by atoms with E-state index in [1.807, 2.05) is 13.8 Å². The molecule has 695 valence electrons. The van der Waals surface area contributed by atoms with Gasteiger partial charge in [-0.1, -0.05) is 65.8 Å². The molecule has 0 aliphatic rings. The van der Waals surface area contributed by atoms with Crippen molar-refractivity contribution in [3.63, 3.8) is 0 Å². The molecule has 5 aromatic rings. The number of aromatic nitrogens is 6. The number of fused-ring (bicyclic) bond motifs is 1. The van der Waals surface area contributed by atoms with E-state index in [1.165, 1.54) is 43.7 Å². The second kappa shape index (κ2) is 54.7. The summed E-state index contributed by atoms with van der Waals surface area (Å²) in [4.78, 5) is 227. The van der Waals surface area contributed by atoms with Crippen LogP contribution in [0.4, 0.5) is 11.6 Å². The first-order chi connectivity index (χ1) is 60.2. The fourth-order valence-electron chi connectivity index (χ4n) is 12.4. The Morgan fingerprint density at radius 1 is 0.543 bits per heavy atom. The van der Waals surface area contributed by atoms with E-state index in [4.69, 9.17) is 10.4 Å². The van der Waals surface area contributed by atoms with Gasteiger partial charge in [0.2, 0.25) is 41.4 Å². The van der Waals surface area contributed by atoms with Crippen LogP contribution in [-0.2, 0) is 80.9 Å². The summed E-state index contributed by atoms with van der Waals surface area (Å²) in [5.74, 6) is -20.6. The van der Waals surface area contributed by atoms with E-state index >= 15 is 4.79 Å². The number of hydrogen-bond acceptors (Lipinski definition) is 36. The number of carboxylic acid groups (broad SMARTS) is 3. The maximum absolute atomic E-state index is 15.0. The quantitative estimate of drug-likeness (QED) is 0.00747. The number of amides is 8. The van der Waals surface area contributed by atoms with Crippen LogP contribution in [0.15, 0.2) is 78.0 Å². The highest BCUT2D eigenvalue weighted by atomic mass is 33.1. The van der Waals surface area contributed by atoms with Crippen LogP contribution in [-0.4, -0.2) is 310 Å². The van der Waals surface area contributed by atoms with E-state index in [-0.39, 0.29) is 65.1 Å². The summed E-state index contributed by atoms with van der Waals surface area (Å²) in [6.07, 6.45) is -23.0. The molecular weight excluding hydrogens is 1720 g/mol. The topological polar surface area (TPSA) is 763 Å². The van der Waals surface area contributed by atoms with Crippen molar-refractivity contribution in [2.24, 2.45) is 23.7 Å². The Morgan fingerprint density at radius 3 is 1.61 bits per heavy atom. The summed E-state index contributed by atoms with van der Waals surface area (Å²) in [6, 6.07) is 7.63. The number of nitrogen functional groups attached to an aromatic ring is 1. The predicted molar refractivity (Wildman–Crippen MR) is 450 cm³/mol. The summed E-state index contributed by atoms with van der Waals surface area (Å²) in [5.41, 5.74) is 6.22. The molecule has 0 saturated carbocycles. The Balaban J connectivity index is 1.43. The smallest absolute Gasteiger partial charge is 0.481 e. The van der Waals surface area contributed by atoms with E-state index in [2.05, 4.69) is 77.8 Å². The van der Waals surface area contributed by atoms with Gasteiger partial charge in [-0.15, -0.1) is 0 Å². The van der Waals surface area contributed by atoms with Crippen molar-refractivity contribution in [1.82, 2.24) is 72.4 Å². The summed E-state index contributed by atoms with van der Waals surface area (Å²) in [5, 5.41) is 162. The number of ketones is 3. The van der Waals surface area contributed by atoms with Crippen molar-refractivity contribution in [3.8, 4) is 0 Å². The van der Waals surface area contributed by atoms with E-state index in [1.54, 1.807) is 30.3 Å². The largest absolute Gasteiger partial charge is 0.486 e. The van der Waals surface area contributed by atoms with Gasteiger partial charge in [0.1, 0.15) is 66.4 Å². The number of carbonyl (C=O) groups is 14. The first-order valence-electron chi connectivity index (χ1n) is 40.0. The molecule has 0 saturated heterocycles. The number of hydrogen-bond donors (Lipinski definition) is 25. The third-order valence-electron chi connectivity index (χ3n) is 19.6. The molecule has 3 heterocycles. The molecule has 127 heavy (non-hydrogen) atoms. The van der Waals surface area contributed by atoms with Crippen molar-refractivity contribution < 1.29 is 143 Å². The van der Waals surface area contributed by atoms with Gasteiger partial charge in [-0.2, -0.15) is 4.98 Å². The molecule has 46 nitrogen and oxygen atoms in total. The van der Waals surface area contributed by atoms with E-state index in [0.717, 1.165) is 27.8 Å². The highest BCUT2D eigenvalue weighted by molar-refractivity contribution is 8.76. The van der Waals surface area contributed by atoms with Crippen LogP contribution in [0.25, 0.3) is 11.2 Å². The number of aliphatic hydroxyl groups is 10. The van der Waals surface area contributed by atoms with Gasteiger partial charge in [0.05, 0.1) is 74.0 Å². The van der Waals surface area contributed by atoms with Crippen LogP contribution in [0.1, 0.15) is 142 Å². The van der Waals surface area contributed by atoms with E-state index < -0.39 is 301 Å². The van der Waals surface area contributed by atoms with Gasteiger partial charge in [-0.25, -0.2) is 19.7 Å². The van der Waals surface area contributed by atoms with Crippen molar-refractivity contribution in [1.29, 1.82) is 0 Å². The van der Waals surface area contributed by atoms with Gasteiger partial charge >= 0.3 is 25.6 Å². The molecule has 1 radical (unpaired) electrons. The molecule has 2 aromatic carbocycles. The third-order valence-corrected chi connectivity index (χ3v) is 21.9. The second-order valence-electron chi connectivity index (χ2n) is 29.9. The minimum absolute atomic E-state index is 0.00174. The second-order valence-corrected chi connectivity index (χ2v) is 32.4. The van der Waals surface area contributed by atoms with E-state index in [9.17, 15) is 139 Å². The molecule has 0 unspecified atom stereocenters. The number of aliphatic carboxylic acids is 3. The predicted octanol–water partition coefficient (Wildman–Crippen LogP) is -5.55. The zero-order chi connectivity index (χ0) is 94.1. The Labute approximate surface area is 734 Å². The van der Waals surface area contributed by atoms with Gasteiger partial charge in [0, 0.05) is 118 Å². The molecule has 3 aromatic heterocycles. The Morgan fingerprint density at radius 2 is 1.07 bits per heavy atom. The maximum Gasteiger partial charge on any atom is 0.486 e. The molecule has 26 N–H and O–H groups in total. The minimum atomic E-state index is -2.17. The average Bonchev–Trinajstić information content (AvgIpc) is 0.808.